The van der Waals surface area contributed by atoms with Gasteiger partial charge in [0.15, 0.2) is 0 Å². The largest absolute Gasteiger partial charge is 0.385 e. The van der Waals surface area contributed by atoms with E-state index in [1.54, 1.807) is 18.1 Å². The molecule has 0 radical (unpaired) electrons. The first-order valence-electron chi connectivity index (χ1n) is 13.7. The molecular formula is C28H44ClF2N3O3. The number of likely N-dealkylation sites (N-methyl/N-ethyl adjacent to an activating group) is 1. The molecule has 1 aliphatic heterocycles. The molecule has 1 unspecified atom stereocenters. The monoisotopic (exact) mass is 543 g/mol. The molecule has 6 nitrogen and oxygen atoms in total. The van der Waals surface area contributed by atoms with Crippen LogP contribution in [-0.4, -0.2) is 68.4 Å². The van der Waals surface area contributed by atoms with Crippen LogP contribution in [0.25, 0.3) is 0 Å². The average Bonchev–Trinajstić information content (AvgIpc) is 2.88. The Morgan fingerprint density at radius 3 is 2.73 bits per heavy atom. The topological polar surface area (TPSA) is 73.8 Å². The summed E-state index contributed by atoms with van der Waals surface area (Å²) in [6.45, 7) is 2.29. The number of unbranched alkanes of at least 4 members (excludes halogenated alkanes) is 1. The molecule has 0 bridgehead atoms. The summed E-state index contributed by atoms with van der Waals surface area (Å²) < 4.78 is 32.4. The number of nitrogens with zero attached hydrogens (tertiary/aromatic N) is 1. The zero-order chi connectivity index (χ0) is 26.9. The first kappa shape index (κ1) is 30.1. The van der Waals surface area contributed by atoms with Crippen molar-refractivity contribution in [1.29, 1.82) is 0 Å². The Labute approximate surface area is 225 Å². The fraction of sp³-hybridized carbons (Fsp3) is 0.750. The van der Waals surface area contributed by atoms with E-state index >= 15 is 0 Å². The molecule has 2 aliphatic rings. The van der Waals surface area contributed by atoms with Crippen molar-refractivity contribution in [3.8, 4) is 0 Å². The number of likely N-dealkylation sites (tertiary alicyclic amines) is 1. The summed E-state index contributed by atoms with van der Waals surface area (Å²) in [5, 5.41) is 18.9. The Bertz CT molecular complexity index is 852. The smallest absolute Gasteiger partial charge is 0.317 e. The van der Waals surface area contributed by atoms with Gasteiger partial charge in [-0.05, 0) is 82.0 Å². The van der Waals surface area contributed by atoms with E-state index in [-0.39, 0.29) is 36.8 Å². The van der Waals surface area contributed by atoms with Gasteiger partial charge >= 0.3 is 6.03 Å². The van der Waals surface area contributed by atoms with Crippen LogP contribution in [0.2, 0.25) is 5.02 Å². The molecule has 1 aromatic carbocycles. The van der Waals surface area contributed by atoms with Crippen molar-refractivity contribution < 1.29 is 23.4 Å². The second-order valence-electron chi connectivity index (χ2n) is 10.9. The summed E-state index contributed by atoms with van der Waals surface area (Å²) in [5.41, 5.74) is -0.318. The van der Waals surface area contributed by atoms with Gasteiger partial charge in [0.25, 0.3) is 0 Å². The Kier molecular flexibility index (Phi) is 11.4. The van der Waals surface area contributed by atoms with E-state index in [0.717, 1.165) is 31.2 Å². The van der Waals surface area contributed by atoms with Gasteiger partial charge in [-0.25, -0.2) is 13.6 Å². The molecule has 3 N–H and O–H groups in total. The lowest BCUT2D eigenvalue weighted by Gasteiger charge is -2.43. The highest BCUT2D eigenvalue weighted by Crippen LogP contribution is 2.41. The maximum Gasteiger partial charge on any atom is 0.317 e. The number of ether oxygens (including phenoxy) is 1. The van der Waals surface area contributed by atoms with E-state index in [0.29, 0.717) is 56.9 Å². The number of hydrogen-bond acceptors (Lipinski definition) is 4. The van der Waals surface area contributed by atoms with Crippen LogP contribution in [-0.2, 0) is 10.3 Å². The van der Waals surface area contributed by atoms with Crippen LogP contribution in [0.1, 0.15) is 69.8 Å². The molecule has 1 aromatic rings. The van der Waals surface area contributed by atoms with E-state index in [1.165, 1.54) is 0 Å². The fourth-order valence-corrected chi connectivity index (χ4v) is 6.17. The first-order valence-corrected chi connectivity index (χ1v) is 14.1. The number of alkyl halides is 2. The predicted molar refractivity (Wildman–Crippen MR) is 143 cm³/mol. The van der Waals surface area contributed by atoms with Crippen LogP contribution in [0.4, 0.5) is 13.6 Å². The van der Waals surface area contributed by atoms with Gasteiger partial charge in [-0.2, -0.15) is 0 Å². The Morgan fingerprint density at radius 2 is 2.05 bits per heavy atom. The molecule has 9 heteroatoms. The number of aliphatic hydroxyl groups is 1. The summed E-state index contributed by atoms with van der Waals surface area (Å²) in [5.74, 6) is -2.49. The Morgan fingerprint density at radius 1 is 1.30 bits per heavy atom. The SMILES string of the molecule is CNCC(CC1CCC(F)(F)CC1)NC(=O)N1CCC[C@@H]([C@@](O)(CCCCOC)c2cccc(Cl)c2)C1. The number of urea groups is 1. The Balaban J connectivity index is 1.66. The van der Waals surface area contributed by atoms with Crippen LogP contribution in [0.3, 0.4) is 0 Å². The number of nitrogens with one attached hydrogen (secondary N) is 2. The lowest BCUT2D eigenvalue weighted by molar-refractivity contribution is -0.0566. The van der Waals surface area contributed by atoms with E-state index in [9.17, 15) is 18.7 Å². The zero-order valence-electron chi connectivity index (χ0n) is 22.3. The molecule has 2 fully saturated rings. The van der Waals surface area contributed by atoms with Gasteiger partial charge in [-0.3, -0.25) is 0 Å². The van der Waals surface area contributed by atoms with Crippen LogP contribution < -0.4 is 10.6 Å². The molecule has 1 aliphatic carbocycles. The second kappa shape index (κ2) is 14.1. The zero-order valence-corrected chi connectivity index (χ0v) is 23.0. The number of halogens is 3. The number of amides is 2. The molecule has 1 saturated heterocycles. The summed E-state index contributed by atoms with van der Waals surface area (Å²) in [7, 11) is 3.51. The first-order chi connectivity index (χ1) is 17.7. The molecular weight excluding hydrogens is 500 g/mol. The summed E-state index contributed by atoms with van der Waals surface area (Å²) in [6.07, 6.45) is 5.34. The normalized spacial score (nSPS) is 22.9. The molecule has 210 valence electrons. The Hall–Kier alpha value is -1.48. The van der Waals surface area contributed by atoms with Crippen molar-refractivity contribution >= 4 is 17.6 Å². The van der Waals surface area contributed by atoms with Gasteiger partial charge in [0.1, 0.15) is 0 Å². The average molecular weight is 544 g/mol. The third-order valence-corrected chi connectivity index (χ3v) is 8.33. The lowest BCUT2D eigenvalue weighted by atomic mass is 9.74. The molecule has 2 amide bonds. The molecule has 3 rings (SSSR count). The van der Waals surface area contributed by atoms with Gasteiger partial charge < -0.3 is 25.4 Å². The number of benzene rings is 1. The highest BCUT2D eigenvalue weighted by molar-refractivity contribution is 6.30. The number of rotatable bonds is 12. The van der Waals surface area contributed by atoms with E-state index in [1.807, 2.05) is 25.2 Å². The van der Waals surface area contributed by atoms with Crippen LogP contribution in [0, 0.1) is 11.8 Å². The van der Waals surface area contributed by atoms with Crippen molar-refractivity contribution in [2.45, 2.75) is 81.8 Å². The van der Waals surface area contributed by atoms with Crippen molar-refractivity contribution in [2.24, 2.45) is 11.8 Å². The van der Waals surface area contributed by atoms with E-state index < -0.39 is 11.5 Å². The highest BCUT2D eigenvalue weighted by atomic mass is 35.5. The van der Waals surface area contributed by atoms with E-state index in [4.69, 9.17) is 16.3 Å². The minimum absolute atomic E-state index is 0.0713. The lowest BCUT2D eigenvalue weighted by Crippen LogP contribution is -2.54. The molecule has 3 atom stereocenters. The van der Waals surface area contributed by atoms with Crippen molar-refractivity contribution in [3.05, 3.63) is 34.9 Å². The quantitative estimate of drug-likeness (QED) is 0.301. The van der Waals surface area contributed by atoms with Crippen molar-refractivity contribution in [3.63, 3.8) is 0 Å². The van der Waals surface area contributed by atoms with Gasteiger partial charge in [0.05, 0.1) is 5.60 Å². The minimum atomic E-state index is -2.55. The summed E-state index contributed by atoms with van der Waals surface area (Å²) in [6, 6.07) is 7.11. The van der Waals surface area contributed by atoms with Gasteiger partial charge in [0, 0.05) is 63.2 Å². The number of carbonyl (C=O) groups excluding carboxylic acids is 1. The van der Waals surface area contributed by atoms with Gasteiger partial charge in [0.2, 0.25) is 5.92 Å². The van der Waals surface area contributed by atoms with Crippen LogP contribution in [0.5, 0.6) is 0 Å². The number of carbonyl (C=O) groups is 1. The fourth-order valence-electron chi connectivity index (χ4n) is 5.98. The van der Waals surface area contributed by atoms with E-state index in [2.05, 4.69) is 10.6 Å². The van der Waals surface area contributed by atoms with Crippen molar-refractivity contribution in [1.82, 2.24) is 15.5 Å². The predicted octanol–water partition coefficient (Wildman–Crippen LogP) is 5.57. The number of piperidine rings is 1. The van der Waals surface area contributed by atoms with Gasteiger partial charge in [-0.15, -0.1) is 0 Å². The molecule has 37 heavy (non-hydrogen) atoms. The summed E-state index contributed by atoms with van der Waals surface area (Å²) >= 11 is 6.28. The number of hydrogen-bond donors (Lipinski definition) is 3. The second-order valence-corrected chi connectivity index (χ2v) is 11.3. The summed E-state index contributed by atoms with van der Waals surface area (Å²) in [4.78, 5) is 15.1. The maximum absolute atomic E-state index is 13.6. The minimum Gasteiger partial charge on any atom is -0.385 e. The third kappa shape index (κ3) is 8.77. The molecule has 0 aromatic heterocycles. The third-order valence-electron chi connectivity index (χ3n) is 8.10. The van der Waals surface area contributed by atoms with Crippen LogP contribution in [0.15, 0.2) is 24.3 Å². The standard InChI is InChI=1S/C28H44ClF2N3O3/c1-32-19-25(17-21-10-13-27(30,31)14-11-21)33-26(35)34-15-6-8-23(20-34)28(36,12-3-4-16-37-2)22-7-5-9-24(29)18-22/h5,7,9,18,21,23,25,32,36H,3-4,6,8,10-17,19-20H2,1-2H3,(H,33,35)/t23-,25?,28-/m1/s1. The van der Waals surface area contributed by atoms with Crippen LogP contribution >= 0.6 is 11.6 Å². The molecule has 1 saturated carbocycles. The maximum atomic E-state index is 13.6. The van der Waals surface area contributed by atoms with Gasteiger partial charge in [-0.1, -0.05) is 23.7 Å². The molecule has 0 spiro atoms. The number of methoxy groups -OCH3 is 1. The highest BCUT2D eigenvalue weighted by Gasteiger charge is 2.41. The van der Waals surface area contributed by atoms with Crippen molar-refractivity contribution in [2.75, 3.05) is 40.4 Å². The molecule has 1 heterocycles.